The molecular formula is C13H16N4O2. The Labute approximate surface area is 110 Å². The molecule has 1 aromatic heterocycles. The molecule has 0 unspecified atom stereocenters. The Bertz CT molecular complexity index is 592. The predicted octanol–water partition coefficient (Wildman–Crippen LogP) is 0.680. The van der Waals surface area contributed by atoms with Gasteiger partial charge < -0.3 is 16.2 Å². The molecule has 1 amide bonds. The summed E-state index contributed by atoms with van der Waals surface area (Å²) in [7, 11) is 1.84. The molecule has 0 aliphatic heterocycles. The average molecular weight is 260 g/mol. The number of hydrogen-bond acceptors (Lipinski definition) is 4. The van der Waals surface area contributed by atoms with E-state index < -0.39 is 0 Å². The molecule has 0 spiro atoms. The van der Waals surface area contributed by atoms with Crippen molar-refractivity contribution in [3.05, 3.63) is 41.7 Å². The van der Waals surface area contributed by atoms with Crippen LogP contribution in [0.4, 0.5) is 5.69 Å². The summed E-state index contributed by atoms with van der Waals surface area (Å²) in [6.45, 7) is 0.448. The van der Waals surface area contributed by atoms with Crippen LogP contribution in [-0.2, 0) is 13.5 Å². The minimum Gasteiger partial charge on any atom is -0.505 e. The van der Waals surface area contributed by atoms with Gasteiger partial charge in [0.25, 0.3) is 5.91 Å². The number of para-hydroxylation sites is 1. The van der Waals surface area contributed by atoms with Gasteiger partial charge in [0, 0.05) is 26.2 Å². The van der Waals surface area contributed by atoms with Crippen molar-refractivity contribution in [3.8, 4) is 5.75 Å². The number of carbonyl (C=O) groups excluding carboxylic acids is 1. The minimum atomic E-state index is -0.347. The van der Waals surface area contributed by atoms with Crippen LogP contribution in [0.15, 0.2) is 30.5 Å². The molecule has 4 N–H and O–H groups in total. The molecule has 0 aliphatic carbocycles. The summed E-state index contributed by atoms with van der Waals surface area (Å²) in [6.07, 6.45) is 2.48. The predicted molar refractivity (Wildman–Crippen MR) is 71.8 cm³/mol. The molecule has 0 atom stereocenters. The molecule has 1 aromatic carbocycles. The van der Waals surface area contributed by atoms with Crippen molar-refractivity contribution in [2.75, 3.05) is 12.3 Å². The van der Waals surface area contributed by atoms with Crippen LogP contribution in [0.1, 0.15) is 16.1 Å². The van der Waals surface area contributed by atoms with E-state index in [9.17, 15) is 9.90 Å². The standard InChI is InChI=1S/C13H16N4O2/c1-17-8-6-9(16-17)5-7-15-13(19)10-3-2-4-11(14)12(10)18/h2-4,6,8,18H,5,7,14H2,1H3,(H,15,19). The van der Waals surface area contributed by atoms with Crippen LogP contribution in [0.5, 0.6) is 5.75 Å². The van der Waals surface area contributed by atoms with Crippen molar-refractivity contribution in [2.45, 2.75) is 6.42 Å². The van der Waals surface area contributed by atoms with E-state index in [-0.39, 0.29) is 22.9 Å². The average Bonchev–Trinajstić information content (AvgIpc) is 2.78. The Balaban J connectivity index is 1.93. The Morgan fingerprint density at radius 1 is 1.47 bits per heavy atom. The first-order valence-corrected chi connectivity index (χ1v) is 5.92. The van der Waals surface area contributed by atoms with E-state index in [0.29, 0.717) is 13.0 Å². The monoisotopic (exact) mass is 260 g/mol. The van der Waals surface area contributed by atoms with Gasteiger partial charge in [0.05, 0.1) is 16.9 Å². The lowest BCUT2D eigenvalue weighted by Crippen LogP contribution is -2.26. The van der Waals surface area contributed by atoms with Gasteiger partial charge in [0.1, 0.15) is 0 Å². The molecule has 2 aromatic rings. The number of nitrogens with zero attached hydrogens (tertiary/aromatic N) is 2. The van der Waals surface area contributed by atoms with Crippen molar-refractivity contribution in [1.29, 1.82) is 0 Å². The fourth-order valence-electron chi connectivity index (χ4n) is 1.74. The molecule has 6 heteroatoms. The Hall–Kier alpha value is -2.50. The lowest BCUT2D eigenvalue weighted by atomic mass is 10.1. The summed E-state index contributed by atoms with van der Waals surface area (Å²) >= 11 is 0. The van der Waals surface area contributed by atoms with E-state index >= 15 is 0 Å². The van der Waals surface area contributed by atoms with Crippen molar-refractivity contribution >= 4 is 11.6 Å². The van der Waals surface area contributed by atoms with E-state index in [1.54, 1.807) is 16.8 Å². The second-order valence-corrected chi connectivity index (χ2v) is 4.23. The molecule has 0 radical (unpaired) electrons. The normalized spacial score (nSPS) is 10.4. The molecule has 0 aliphatic rings. The topological polar surface area (TPSA) is 93.2 Å². The number of anilines is 1. The van der Waals surface area contributed by atoms with Crippen LogP contribution in [-0.4, -0.2) is 27.3 Å². The summed E-state index contributed by atoms with van der Waals surface area (Å²) in [5.74, 6) is -0.529. The van der Waals surface area contributed by atoms with E-state index in [1.165, 1.54) is 6.07 Å². The molecule has 0 saturated carbocycles. The Morgan fingerprint density at radius 2 is 2.26 bits per heavy atom. The van der Waals surface area contributed by atoms with E-state index in [2.05, 4.69) is 10.4 Å². The molecular weight excluding hydrogens is 244 g/mol. The number of hydrogen-bond donors (Lipinski definition) is 3. The molecule has 0 bridgehead atoms. The van der Waals surface area contributed by atoms with Crippen LogP contribution >= 0.6 is 0 Å². The van der Waals surface area contributed by atoms with Crippen molar-refractivity contribution < 1.29 is 9.90 Å². The molecule has 6 nitrogen and oxygen atoms in total. The molecule has 19 heavy (non-hydrogen) atoms. The second-order valence-electron chi connectivity index (χ2n) is 4.23. The van der Waals surface area contributed by atoms with Gasteiger partial charge in [0.15, 0.2) is 5.75 Å². The number of phenolic OH excluding ortho intramolecular Hbond substituents is 1. The van der Waals surface area contributed by atoms with Gasteiger partial charge in [-0.3, -0.25) is 9.48 Å². The number of nitrogen functional groups attached to an aromatic ring is 1. The fraction of sp³-hybridized carbons (Fsp3) is 0.231. The smallest absolute Gasteiger partial charge is 0.255 e. The number of carbonyl (C=O) groups is 1. The number of nitrogens with two attached hydrogens (primary N) is 1. The second kappa shape index (κ2) is 5.43. The molecule has 0 fully saturated rings. The first kappa shape index (κ1) is 12.9. The highest BCUT2D eigenvalue weighted by Gasteiger charge is 2.12. The maximum atomic E-state index is 11.9. The van der Waals surface area contributed by atoms with Crippen LogP contribution in [0, 0.1) is 0 Å². The zero-order valence-corrected chi connectivity index (χ0v) is 10.6. The number of aromatic nitrogens is 2. The van der Waals surface area contributed by atoms with Crippen LogP contribution in [0.2, 0.25) is 0 Å². The Morgan fingerprint density at radius 3 is 2.95 bits per heavy atom. The SMILES string of the molecule is Cn1ccc(CCNC(=O)c2cccc(N)c2O)n1. The van der Waals surface area contributed by atoms with Crippen molar-refractivity contribution in [3.63, 3.8) is 0 Å². The van der Waals surface area contributed by atoms with Gasteiger partial charge >= 0.3 is 0 Å². The van der Waals surface area contributed by atoms with Gasteiger partial charge in [-0.15, -0.1) is 0 Å². The van der Waals surface area contributed by atoms with Crippen LogP contribution < -0.4 is 11.1 Å². The molecule has 1 heterocycles. The zero-order chi connectivity index (χ0) is 13.8. The maximum Gasteiger partial charge on any atom is 0.255 e. The largest absolute Gasteiger partial charge is 0.505 e. The minimum absolute atomic E-state index is 0.182. The number of phenols is 1. The zero-order valence-electron chi connectivity index (χ0n) is 10.6. The van der Waals surface area contributed by atoms with E-state index in [4.69, 9.17) is 5.73 Å². The molecule has 2 rings (SSSR count). The van der Waals surface area contributed by atoms with Gasteiger partial charge in [-0.25, -0.2) is 0 Å². The number of nitrogens with one attached hydrogen (secondary N) is 1. The molecule has 0 saturated heterocycles. The summed E-state index contributed by atoms with van der Waals surface area (Å²) in [5, 5.41) is 16.6. The van der Waals surface area contributed by atoms with Crippen molar-refractivity contribution in [2.24, 2.45) is 7.05 Å². The summed E-state index contributed by atoms with van der Waals surface area (Å²) in [5.41, 5.74) is 6.81. The summed E-state index contributed by atoms with van der Waals surface area (Å²) in [4.78, 5) is 11.9. The van der Waals surface area contributed by atoms with Gasteiger partial charge in [-0.2, -0.15) is 5.10 Å². The van der Waals surface area contributed by atoms with Gasteiger partial charge in [-0.05, 0) is 18.2 Å². The van der Waals surface area contributed by atoms with Gasteiger partial charge in [-0.1, -0.05) is 6.07 Å². The third-order valence-electron chi connectivity index (χ3n) is 2.75. The number of rotatable bonds is 4. The first-order chi connectivity index (χ1) is 9.08. The lowest BCUT2D eigenvalue weighted by Gasteiger charge is -2.07. The number of aryl methyl sites for hydroxylation is 1. The highest BCUT2D eigenvalue weighted by Crippen LogP contribution is 2.23. The lowest BCUT2D eigenvalue weighted by molar-refractivity contribution is 0.0951. The van der Waals surface area contributed by atoms with Gasteiger partial charge in [0.2, 0.25) is 0 Å². The quantitative estimate of drug-likeness (QED) is 0.556. The molecule has 100 valence electrons. The number of benzene rings is 1. The van der Waals surface area contributed by atoms with E-state index in [1.807, 2.05) is 19.3 Å². The van der Waals surface area contributed by atoms with Crippen molar-refractivity contribution in [1.82, 2.24) is 15.1 Å². The fourth-order valence-corrected chi connectivity index (χ4v) is 1.74. The number of aromatic hydroxyl groups is 1. The summed E-state index contributed by atoms with van der Waals surface area (Å²) in [6, 6.07) is 6.59. The Kier molecular flexibility index (Phi) is 3.70. The first-order valence-electron chi connectivity index (χ1n) is 5.92. The third-order valence-corrected chi connectivity index (χ3v) is 2.75. The summed E-state index contributed by atoms with van der Waals surface area (Å²) < 4.78 is 1.71. The number of amides is 1. The van der Waals surface area contributed by atoms with E-state index in [0.717, 1.165) is 5.69 Å². The highest BCUT2D eigenvalue weighted by atomic mass is 16.3. The maximum absolute atomic E-state index is 11.9. The van der Waals surface area contributed by atoms with Crippen LogP contribution in [0.25, 0.3) is 0 Å². The highest BCUT2D eigenvalue weighted by molar-refractivity contribution is 5.98. The third kappa shape index (κ3) is 3.04. The van der Waals surface area contributed by atoms with Crippen LogP contribution in [0.3, 0.4) is 0 Å².